The number of aromatic nitrogens is 1. The summed E-state index contributed by atoms with van der Waals surface area (Å²) in [5, 5.41) is 3.31. The number of rotatable bonds is 3. The zero-order valence-corrected chi connectivity index (χ0v) is 14.0. The molecule has 0 bridgehead atoms. The molecule has 118 valence electrons. The Morgan fingerprint density at radius 1 is 1.35 bits per heavy atom. The molecule has 3 heterocycles. The highest BCUT2D eigenvalue weighted by atomic mass is 32.1. The first-order valence-electron chi connectivity index (χ1n) is 8.18. The van der Waals surface area contributed by atoms with E-state index in [4.69, 9.17) is 0 Å². The van der Waals surface area contributed by atoms with Gasteiger partial charge in [-0.2, -0.15) is 0 Å². The van der Waals surface area contributed by atoms with Gasteiger partial charge in [0.15, 0.2) is 0 Å². The second kappa shape index (κ2) is 5.85. The molecule has 0 fully saturated rings. The molecule has 1 amide bonds. The summed E-state index contributed by atoms with van der Waals surface area (Å²) in [4.78, 5) is 19.7. The highest BCUT2D eigenvalue weighted by molar-refractivity contribution is 7.10. The fourth-order valence-corrected chi connectivity index (χ4v) is 4.61. The molecule has 1 N–H and O–H groups in total. The summed E-state index contributed by atoms with van der Waals surface area (Å²) in [7, 11) is 0. The lowest BCUT2D eigenvalue weighted by Gasteiger charge is -2.35. The van der Waals surface area contributed by atoms with Crippen LogP contribution in [0.2, 0.25) is 0 Å². The lowest BCUT2D eigenvalue weighted by Crippen LogP contribution is -2.40. The van der Waals surface area contributed by atoms with Gasteiger partial charge < -0.3 is 9.88 Å². The third-order valence-corrected chi connectivity index (χ3v) is 5.82. The van der Waals surface area contributed by atoms with E-state index < -0.39 is 0 Å². The molecule has 1 unspecified atom stereocenters. The Hall–Kier alpha value is -2.07. The van der Waals surface area contributed by atoms with E-state index in [0.29, 0.717) is 6.42 Å². The van der Waals surface area contributed by atoms with Crippen LogP contribution in [0.3, 0.4) is 0 Å². The van der Waals surface area contributed by atoms with Gasteiger partial charge in [0.25, 0.3) is 0 Å². The quantitative estimate of drug-likeness (QED) is 0.766. The second-order valence-electron chi connectivity index (χ2n) is 6.10. The number of carbonyl (C=O) groups is 1. The first-order valence-corrected chi connectivity index (χ1v) is 9.06. The van der Waals surface area contributed by atoms with E-state index in [9.17, 15) is 4.79 Å². The van der Waals surface area contributed by atoms with Crippen LogP contribution in [0.25, 0.3) is 10.9 Å². The van der Waals surface area contributed by atoms with Crippen molar-refractivity contribution in [3.05, 3.63) is 57.9 Å². The third kappa shape index (κ3) is 2.47. The second-order valence-corrected chi connectivity index (χ2v) is 7.10. The topological polar surface area (TPSA) is 36.1 Å². The maximum Gasteiger partial charge on any atom is 0.227 e. The van der Waals surface area contributed by atoms with Crippen LogP contribution < -0.4 is 0 Å². The maximum atomic E-state index is 12.9. The van der Waals surface area contributed by atoms with Crippen molar-refractivity contribution >= 4 is 28.1 Å². The van der Waals surface area contributed by atoms with Crippen LogP contribution in [0.1, 0.15) is 35.4 Å². The zero-order valence-electron chi connectivity index (χ0n) is 13.2. The van der Waals surface area contributed by atoms with Crippen molar-refractivity contribution in [3.63, 3.8) is 0 Å². The van der Waals surface area contributed by atoms with Crippen molar-refractivity contribution in [1.29, 1.82) is 0 Å². The normalized spacial score (nSPS) is 17.4. The fraction of sp³-hybridized carbons (Fsp3) is 0.316. The molecule has 0 radical (unpaired) electrons. The summed E-state index contributed by atoms with van der Waals surface area (Å²) in [6.45, 7) is 3.01. The van der Waals surface area contributed by atoms with Gasteiger partial charge in [0.2, 0.25) is 5.91 Å². The maximum absolute atomic E-state index is 12.9. The van der Waals surface area contributed by atoms with Gasteiger partial charge in [-0.15, -0.1) is 11.3 Å². The molecule has 1 aliphatic rings. The van der Waals surface area contributed by atoms with Crippen molar-refractivity contribution in [1.82, 2.24) is 9.88 Å². The first kappa shape index (κ1) is 14.5. The van der Waals surface area contributed by atoms with Crippen molar-refractivity contribution in [2.24, 2.45) is 0 Å². The molecule has 1 atom stereocenters. The molecule has 1 aliphatic heterocycles. The van der Waals surface area contributed by atoms with Gasteiger partial charge >= 0.3 is 0 Å². The number of benzene rings is 1. The van der Waals surface area contributed by atoms with Crippen LogP contribution in [0, 0.1) is 0 Å². The number of hydrogen-bond acceptors (Lipinski definition) is 2. The molecule has 23 heavy (non-hydrogen) atoms. The van der Waals surface area contributed by atoms with Crippen LogP contribution in [0.4, 0.5) is 0 Å². The van der Waals surface area contributed by atoms with Crippen molar-refractivity contribution in [2.75, 3.05) is 6.54 Å². The molecule has 1 aromatic carbocycles. The number of hydrogen-bond donors (Lipinski definition) is 1. The van der Waals surface area contributed by atoms with Crippen molar-refractivity contribution < 1.29 is 4.79 Å². The van der Waals surface area contributed by atoms with Crippen LogP contribution in [0.5, 0.6) is 0 Å². The Morgan fingerprint density at radius 3 is 3.09 bits per heavy atom. The number of amides is 1. The predicted molar refractivity (Wildman–Crippen MR) is 94.8 cm³/mol. The summed E-state index contributed by atoms with van der Waals surface area (Å²) >= 11 is 1.82. The summed E-state index contributed by atoms with van der Waals surface area (Å²) < 4.78 is 0. The number of aromatic amines is 1. The number of nitrogens with zero attached hydrogens (tertiary/aromatic N) is 1. The summed E-state index contributed by atoms with van der Waals surface area (Å²) in [6, 6.07) is 10.6. The molecule has 4 rings (SSSR count). The standard InChI is InChI=1S/C19H20N2OS/c1-2-17-15-8-10-23-18(15)7-9-21(17)19(22)11-13-12-20-16-6-4-3-5-14(13)16/h3-6,8,10,12,17,20H,2,7,9,11H2,1H3. The zero-order chi connectivity index (χ0) is 15.8. The van der Waals surface area contributed by atoms with E-state index >= 15 is 0 Å². The number of fused-ring (bicyclic) bond motifs is 2. The Labute approximate surface area is 139 Å². The molecule has 0 saturated heterocycles. The summed E-state index contributed by atoms with van der Waals surface area (Å²) in [5.74, 6) is 0.235. The Kier molecular flexibility index (Phi) is 3.69. The summed E-state index contributed by atoms with van der Waals surface area (Å²) in [5.41, 5.74) is 3.55. The Balaban J connectivity index is 1.60. The predicted octanol–water partition coefficient (Wildman–Crippen LogP) is 4.31. The van der Waals surface area contributed by atoms with E-state index in [2.05, 4.69) is 40.4 Å². The lowest BCUT2D eigenvalue weighted by molar-refractivity contribution is -0.133. The number of H-pyrrole nitrogens is 1. The van der Waals surface area contributed by atoms with E-state index in [1.54, 1.807) is 0 Å². The average Bonchev–Trinajstić information content (AvgIpc) is 3.21. The molecular weight excluding hydrogens is 304 g/mol. The SMILES string of the molecule is CCC1c2ccsc2CCN1C(=O)Cc1c[nH]c2ccccc12. The van der Waals surface area contributed by atoms with Crippen LogP contribution in [-0.2, 0) is 17.6 Å². The van der Waals surface area contributed by atoms with Crippen molar-refractivity contribution in [2.45, 2.75) is 32.2 Å². The first-order chi connectivity index (χ1) is 11.3. The fourth-order valence-electron chi connectivity index (χ4n) is 3.68. The van der Waals surface area contributed by atoms with Gasteiger partial charge in [-0.25, -0.2) is 0 Å². The molecule has 3 nitrogen and oxygen atoms in total. The molecule has 0 saturated carbocycles. The molecule has 4 heteroatoms. The highest BCUT2D eigenvalue weighted by Gasteiger charge is 2.30. The van der Waals surface area contributed by atoms with Crippen LogP contribution in [0.15, 0.2) is 41.9 Å². The minimum atomic E-state index is 0.235. The van der Waals surface area contributed by atoms with Gasteiger partial charge in [-0.1, -0.05) is 25.1 Å². The third-order valence-electron chi connectivity index (χ3n) is 4.82. The minimum Gasteiger partial charge on any atom is -0.361 e. The van der Waals surface area contributed by atoms with E-state index in [1.165, 1.54) is 10.4 Å². The Bertz CT molecular complexity index is 848. The van der Waals surface area contributed by atoms with Crippen LogP contribution in [-0.4, -0.2) is 22.3 Å². The molecule has 0 spiro atoms. The van der Waals surface area contributed by atoms with Gasteiger partial charge in [0.05, 0.1) is 12.5 Å². The number of thiophene rings is 1. The lowest BCUT2D eigenvalue weighted by atomic mass is 9.97. The number of para-hydroxylation sites is 1. The largest absolute Gasteiger partial charge is 0.361 e. The number of nitrogens with one attached hydrogen (secondary N) is 1. The molecule has 3 aromatic rings. The minimum absolute atomic E-state index is 0.235. The summed E-state index contributed by atoms with van der Waals surface area (Å²) in [6.07, 6.45) is 4.41. The van der Waals surface area contributed by atoms with Gasteiger partial charge in [0.1, 0.15) is 0 Å². The van der Waals surface area contributed by atoms with E-state index in [-0.39, 0.29) is 11.9 Å². The smallest absolute Gasteiger partial charge is 0.227 e. The van der Waals surface area contributed by atoms with E-state index in [1.807, 2.05) is 29.7 Å². The van der Waals surface area contributed by atoms with E-state index in [0.717, 1.165) is 35.9 Å². The van der Waals surface area contributed by atoms with Crippen LogP contribution >= 0.6 is 11.3 Å². The van der Waals surface area contributed by atoms with Crippen molar-refractivity contribution in [3.8, 4) is 0 Å². The average molecular weight is 324 g/mol. The van der Waals surface area contributed by atoms with Gasteiger partial charge in [0, 0.05) is 28.5 Å². The van der Waals surface area contributed by atoms with Gasteiger partial charge in [-0.3, -0.25) is 4.79 Å². The monoisotopic (exact) mass is 324 g/mol. The molecule has 2 aromatic heterocycles. The number of carbonyl (C=O) groups excluding carboxylic acids is 1. The highest BCUT2D eigenvalue weighted by Crippen LogP contribution is 2.35. The van der Waals surface area contributed by atoms with Gasteiger partial charge in [-0.05, 0) is 41.5 Å². The Morgan fingerprint density at radius 2 is 2.22 bits per heavy atom. The molecular formula is C19H20N2OS. The molecule has 0 aliphatic carbocycles.